The van der Waals surface area contributed by atoms with Gasteiger partial charge in [-0.3, -0.25) is 9.59 Å². The maximum atomic E-state index is 12.5. The second-order valence-electron chi connectivity index (χ2n) is 6.37. The molecule has 0 fully saturated rings. The van der Waals surface area contributed by atoms with E-state index < -0.39 is 18.2 Å². The van der Waals surface area contributed by atoms with E-state index in [1.165, 1.54) is 54.8 Å². The summed E-state index contributed by atoms with van der Waals surface area (Å²) in [5, 5.41) is 0. The van der Waals surface area contributed by atoms with E-state index in [9.17, 15) is 9.59 Å². The first kappa shape index (κ1) is 25.4. The number of carbonyl (C=O) groups excluding carboxylic acids is 2. The van der Waals surface area contributed by atoms with E-state index in [1.54, 1.807) is 12.1 Å². The van der Waals surface area contributed by atoms with Gasteiger partial charge in [0.05, 0.1) is 42.7 Å². The zero-order valence-electron chi connectivity index (χ0n) is 19.4. The molecule has 0 heterocycles. The molecule has 2 rings (SSSR count). The van der Waals surface area contributed by atoms with Crippen LogP contribution in [0, 0.1) is 11.8 Å². The van der Waals surface area contributed by atoms with Gasteiger partial charge in [0.2, 0.25) is 23.1 Å². The molecule has 0 unspecified atom stereocenters. The van der Waals surface area contributed by atoms with Gasteiger partial charge in [0.15, 0.2) is 23.0 Å². The third kappa shape index (κ3) is 6.08. The number of rotatable bonds is 11. The predicted molar refractivity (Wildman–Crippen MR) is 119 cm³/mol. The van der Waals surface area contributed by atoms with Crippen LogP contribution in [0.2, 0.25) is 0 Å². The lowest BCUT2D eigenvalue weighted by molar-refractivity contribution is -0.118. The fourth-order valence-electron chi connectivity index (χ4n) is 2.92. The average Bonchev–Trinajstić information content (AvgIpc) is 2.85. The average molecular weight is 458 g/mol. The molecule has 33 heavy (non-hydrogen) atoms. The van der Waals surface area contributed by atoms with Crippen molar-refractivity contribution in [3.63, 3.8) is 0 Å². The van der Waals surface area contributed by atoms with Gasteiger partial charge < -0.3 is 33.2 Å². The Hall–Kier alpha value is -3.90. The van der Waals surface area contributed by atoms with Crippen LogP contribution in [0.3, 0.4) is 0 Å². The minimum Gasteiger partial charge on any atom is -0.493 e. The minimum absolute atomic E-state index is 0.0645. The van der Waals surface area contributed by atoms with Crippen molar-refractivity contribution in [3.8, 4) is 46.3 Å². The molecule has 0 N–H and O–H groups in total. The van der Waals surface area contributed by atoms with Gasteiger partial charge in [0, 0.05) is 11.1 Å². The van der Waals surface area contributed by atoms with Crippen LogP contribution < -0.4 is 28.4 Å². The molecule has 0 aliphatic heterocycles. The van der Waals surface area contributed by atoms with Crippen LogP contribution in [0.5, 0.6) is 34.5 Å². The summed E-state index contributed by atoms with van der Waals surface area (Å²) in [6, 6.07) is 6.19. The summed E-state index contributed by atoms with van der Waals surface area (Å²) in [6.07, 6.45) is 0. The normalized spacial score (nSPS) is 9.88. The van der Waals surface area contributed by atoms with Gasteiger partial charge >= 0.3 is 0 Å². The van der Waals surface area contributed by atoms with Crippen molar-refractivity contribution in [3.05, 3.63) is 35.4 Å². The Balaban J connectivity index is 2.04. The standard InChI is InChI=1S/C24H26O9/c1-27-18-10-15(11-19(28-2)23(18)31-5)8-7-9-33-14-17(25)22(26)16-12-20(29-3)24(32-6)21(13-16)30-4/h10-13H,9,14H2,1-6H3. The summed E-state index contributed by atoms with van der Waals surface area (Å²) >= 11 is 0. The fraction of sp³-hybridized carbons (Fsp3) is 0.333. The van der Waals surface area contributed by atoms with Crippen LogP contribution in [0.1, 0.15) is 15.9 Å². The van der Waals surface area contributed by atoms with Crippen molar-refractivity contribution in [2.75, 3.05) is 55.9 Å². The number of methoxy groups -OCH3 is 6. The molecule has 9 heteroatoms. The smallest absolute Gasteiger partial charge is 0.231 e. The number of hydrogen-bond donors (Lipinski definition) is 0. The maximum Gasteiger partial charge on any atom is 0.231 e. The Morgan fingerprint density at radius 2 is 1.15 bits per heavy atom. The van der Waals surface area contributed by atoms with E-state index in [-0.39, 0.29) is 23.7 Å². The monoisotopic (exact) mass is 458 g/mol. The van der Waals surface area contributed by atoms with Crippen LogP contribution in [-0.2, 0) is 9.53 Å². The number of benzene rings is 2. The highest BCUT2D eigenvalue weighted by molar-refractivity contribution is 6.44. The number of Topliss-reactive ketones (excluding diaryl/α,β-unsaturated/α-hetero) is 2. The molecule has 0 spiro atoms. The summed E-state index contributed by atoms with van der Waals surface area (Å²) < 4.78 is 36.7. The van der Waals surface area contributed by atoms with E-state index in [4.69, 9.17) is 33.2 Å². The molecule has 2 aromatic carbocycles. The molecule has 0 saturated carbocycles. The molecule has 2 aromatic rings. The van der Waals surface area contributed by atoms with E-state index in [1.807, 2.05) is 0 Å². The van der Waals surface area contributed by atoms with Crippen LogP contribution in [0.25, 0.3) is 0 Å². The first-order valence-corrected chi connectivity index (χ1v) is 9.68. The zero-order valence-corrected chi connectivity index (χ0v) is 19.4. The topological polar surface area (TPSA) is 98.8 Å². The van der Waals surface area contributed by atoms with Crippen LogP contribution >= 0.6 is 0 Å². The molecule has 0 bridgehead atoms. The predicted octanol–water partition coefficient (Wildman–Crippen LogP) is 2.56. The zero-order chi connectivity index (χ0) is 24.4. The van der Waals surface area contributed by atoms with Gasteiger partial charge in [0.25, 0.3) is 0 Å². The van der Waals surface area contributed by atoms with Crippen molar-refractivity contribution in [2.24, 2.45) is 0 Å². The summed E-state index contributed by atoms with van der Waals surface area (Å²) in [7, 11) is 8.81. The SMILES string of the molecule is COc1cc(C#CCOCC(=O)C(=O)c2cc(OC)c(OC)c(OC)c2)cc(OC)c1OC. The van der Waals surface area contributed by atoms with Crippen molar-refractivity contribution < 1.29 is 42.7 Å². The molecule has 9 nitrogen and oxygen atoms in total. The third-order valence-electron chi connectivity index (χ3n) is 4.49. The number of ether oxygens (including phenoxy) is 7. The highest BCUT2D eigenvalue weighted by atomic mass is 16.5. The van der Waals surface area contributed by atoms with Crippen molar-refractivity contribution in [1.82, 2.24) is 0 Å². The first-order chi connectivity index (χ1) is 15.9. The molecule has 0 atom stereocenters. The molecular weight excluding hydrogens is 432 g/mol. The quantitative estimate of drug-likeness (QED) is 0.218. The maximum absolute atomic E-state index is 12.5. The van der Waals surface area contributed by atoms with E-state index >= 15 is 0 Å². The summed E-state index contributed by atoms with van der Waals surface area (Å²) in [5.74, 6) is 6.44. The highest BCUT2D eigenvalue weighted by Gasteiger charge is 2.21. The second kappa shape index (κ2) is 12.2. The molecule has 0 aromatic heterocycles. The summed E-state index contributed by atoms with van der Waals surface area (Å²) in [5.41, 5.74) is 0.703. The number of hydrogen-bond acceptors (Lipinski definition) is 9. The fourth-order valence-corrected chi connectivity index (χ4v) is 2.92. The van der Waals surface area contributed by atoms with Crippen LogP contribution in [0.4, 0.5) is 0 Å². The molecule has 0 radical (unpaired) electrons. The molecular formula is C24H26O9. The lowest BCUT2D eigenvalue weighted by Crippen LogP contribution is -2.20. The van der Waals surface area contributed by atoms with Gasteiger partial charge in [-0.2, -0.15) is 0 Å². The largest absolute Gasteiger partial charge is 0.493 e. The van der Waals surface area contributed by atoms with Crippen molar-refractivity contribution in [2.45, 2.75) is 0 Å². The summed E-state index contributed by atoms with van der Waals surface area (Å²) in [6.45, 7) is -0.496. The van der Waals surface area contributed by atoms with Gasteiger partial charge in [-0.05, 0) is 24.3 Å². The van der Waals surface area contributed by atoms with E-state index in [0.717, 1.165) is 0 Å². The minimum atomic E-state index is -0.744. The molecule has 0 saturated heterocycles. The van der Waals surface area contributed by atoms with Crippen LogP contribution in [-0.4, -0.2) is 67.4 Å². The van der Waals surface area contributed by atoms with Gasteiger partial charge in [0.1, 0.15) is 13.2 Å². The van der Waals surface area contributed by atoms with E-state index in [0.29, 0.717) is 28.6 Å². The molecule has 176 valence electrons. The van der Waals surface area contributed by atoms with Gasteiger partial charge in [-0.25, -0.2) is 0 Å². The Morgan fingerprint density at radius 1 is 0.697 bits per heavy atom. The Bertz CT molecular complexity index is 1010. The second-order valence-corrected chi connectivity index (χ2v) is 6.37. The van der Waals surface area contributed by atoms with Crippen molar-refractivity contribution >= 4 is 11.6 Å². The van der Waals surface area contributed by atoms with Crippen molar-refractivity contribution in [1.29, 1.82) is 0 Å². The van der Waals surface area contributed by atoms with Gasteiger partial charge in [-0.1, -0.05) is 11.8 Å². The Morgan fingerprint density at radius 3 is 1.58 bits per heavy atom. The lowest BCUT2D eigenvalue weighted by atomic mass is 10.1. The Kier molecular flexibility index (Phi) is 9.39. The third-order valence-corrected chi connectivity index (χ3v) is 4.49. The van der Waals surface area contributed by atoms with E-state index in [2.05, 4.69) is 11.8 Å². The highest BCUT2D eigenvalue weighted by Crippen LogP contribution is 2.39. The van der Waals surface area contributed by atoms with Gasteiger partial charge in [-0.15, -0.1) is 0 Å². The Labute approximate surface area is 192 Å². The van der Waals surface area contributed by atoms with Crippen LogP contribution in [0.15, 0.2) is 24.3 Å². The number of ketones is 2. The lowest BCUT2D eigenvalue weighted by Gasteiger charge is -2.13. The first-order valence-electron chi connectivity index (χ1n) is 9.68. The molecule has 0 amide bonds. The molecule has 0 aliphatic carbocycles. The summed E-state index contributed by atoms with van der Waals surface area (Å²) in [4.78, 5) is 24.8. The molecule has 0 aliphatic rings. The number of carbonyl (C=O) groups is 2.